The maximum Gasteiger partial charge on any atom is 0.325 e. The van der Waals surface area contributed by atoms with Crippen LogP contribution in [0.1, 0.15) is 37.3 Å². The smallest absolute Gasteiger partial charge is 0.325 e. The van der Waals surface area contributed by atoms with Crippen molar-refractivity contribution in [2.24, 2.45) is 0 Å². The van der Waals surface area contributed by atoms with Gasteiger partial charge in [0.2, 0.25) is 5.91 Å². The number of nitrogens with one attached hydrogen (secondary N) is 2. The molecule has 0 radical (unpaired) electrons. The molecule has 9 heteroatoms. The summed E-state index contributed by atoms with van der Waals surface area (Å²) in [5.41, 5.74) is 0.0762. The van der Waals surface area contributed by atoms with Gasteiger partial charge in [0.25, 0.3) is 5.91 Å². The van der Waals surface area contributed by atoms with Gasteiger partial charge in [-0.25, -0.2) is 4.79 Å². The fraction of sp³-hybridized carbons (Fsp3) is 0.526. The summed E-state index contributed by atoms with van der Waals surface area (Å²) in [5.74, 6) is -0.497. The quantitative estimate of drug-likeness (QED) is 0.724. The standard InChI is InChI=1S/C19H23ClN4O3.ClH/c20-14-6-2-1-5-13(14)15-11-21-9-10-23(15)16(25)12-24-17(26)19(22-18(24)27)7-3-4-8-19;/h1-2,5-6,15,21H,3-4,7-12H2,(H,22,27);1H. The van der Waals surface area contributed by atoms with Crippen LogP contribution in [0.15, 0.2) is 24.3 Å². The molecule has 4 rings (SSSR count). The Morgan fingerprint density at radius 2 is 1.93 bits per heavy atom. The van der Waals surface area contributed by atoms with Crippen molar-refractivity contribution in [1.82, 2.24) is 20.4 Å². The largest absolute Gasteiger partial charge is 0.331 e. The lowest BCUT2D eigenvalue weighted by Crippen LogP contribution is -2.52. The molecule has 1 atom stereocenters. The van der Waals surface area contributed by atoms with Crippen molar-refractivity contribution in [2.75, 3.05) is 26.2 Å². The van der Waals surface area contributed by atoms with E-state index in [1.165, 1.54) is 0 Å². The maximum atomic E-state index is 13.0. The number of hydrogen-bond acceptors (Lipinski definition) is 4. The Morgan fingerprint density at radius 1 is 1.21 bits per heavy atom. The zero-order valence-corrected chi connectivity index (χ0v) is 17.0. The van der Waals surface area contributed by atoms with Gasteiger partial charge in [0, 0.05) is 24.7 Å². The van der Waals surface area contributed by atoms with E-state index in [0.29, 0.717) is 37.5 Å². The van der Waals surface area contributed by atoms with Crippen molar-refractivity contribution < 1.29 is 14.4 Å². The molecule has 7 nitrogen and oxygen atoms in total. The van der Waals surface area contributed by atoms with Crippen molar-refractivity contribution in [3.63, 3.8) is 0 Å². The number of benzene rings is 1. The molecular formula is C19H24Cl2N4O3. The third-order valence-electron chi connectivity index (χ3n) is 5.82. The van der Waals surface area contributed by atoms with Gasteiger partial charge in [0.1, 0.15) is 12.1 Å². The van der Waals surface area contributed by atoms with Gasteiger partial charge in [-0.2, -0.15) is 0 Å². The van der Waals surface area contributed by atoms with Crippen LogP contribution < -0.4 is 10.6 Å². The molecule has 4 amide bonds. The molecule has 152 valence electrons. The lowest BCUT2D eigenvalue weighted by atomic mass is 9.98. The van der Waals surface area contributed by atoms with E-state index in [1.54, 1.807) is 11.0 Å². The monoisotopic (exact) mass is 426 g/mol. The summed E-state index contributed by atoms with van der Waals surface area (Å²) >= 11 is 6.33. The topological polar surface area (TPSA) is 81.8 Å². The van der Waals surface area contributed by atoms with E-state index >= 15 is 0 Å². The Kier molecular flexibility index (Phi) is 6.17. The van der Waals surface area contributed by atoms with Gasteiger partial charge in [-0.15, -0.1) is 12.4 Å². The number of amides is 4. The van der Waals surface area contributed by atoms with Gasteiger partial charge in [-0.1, -0.05) is 42.6 Å². The average molecular weight is 427 g/mol. The molecule has 2 aliphatic heterocycles. The van der Waals surface area contributed by atoms with Crippen LogP contribution in [0.3, 0.4) is 0 Å². The third-order valence-corrected chi connectivity index (χ3v) is 6.17. The van der Waals surface area contributed by atoms with Crippen LogP contribution in [0.4, 0.5) is 4.79 Å². The zero-order chi connectivity index (χ0) is 19.0. The number of carbonyl (C=O) groups excluding carboxylic acids is 3. The predicted octanol–water partition coefficient (Wildman–Crippen LogP) is 2.10. The van der Waals surface area contributed by atoms with Crippen molar-refractivity contribution in [1.29, 1.82) is 0 Å². The van der Waals surface area contributed by atoms with Gasteiger partial charge in [-0.05, 0) is 24.5 Å². The lowest BCUT2D eigenvalue weighted by Gasteiger charge is -2.37. The highest BCUT2D eigenvalue weighted by Gasteiger charge is 2.53. The fourth-order valence-electron chi connectivity index (χ4n) is 4.39. The highest BCUT2D eigenvalue weighted by Crippen LogP contribution is 2.35. The first-order valence-corrected chi connectivity index (χ1v) is 9.78. The first-order valence-electron chi connectivity index (χ1n) is 9.40. The molecule has 1 aromatic rings. The number of nitrogens with zero attached hydrogens (tertiary/aromatic N) is 2. The van der Waals surface area contributed by atoms with Crippen molar-refractivity contribution in [3.05, 3.63) is 34.9 Å². The third kappa shape index (κ3) is 3.58. The molecule has 1 aliphatic carbocycles. The molecule has 2 N–H and O–H groups in total. The SMILES string of the molecule is Cl.O=C1NC2(CCCC2)C(=O)N1CC(=O)N1CCNCC1c1ccccc1Cl. The molecular weight excluding hydrogens is 403 g/mol. The number of carbonyl (C=O) groups is 3. The van der Waals surface area contributed by atoms with Crippen molar-refractivity contribution in [3.8, 4) is 0 Å². The minimum Gasteiger partial charge on any atom is -0.331 e. The number of rotatable bonds is 3. The Morgan fingerprint density at radius 3 is 2.64 bits per heavy atom. The summed E-state index contributed by atoms with van der Waals surface area (Å²) in [6.45, 7) is 1.52. The van der Waals surface area contributed by atoms with Gasteiger partial charge >= 0.3 is 6.03 Å². The van der Waals surface area contributed by atoms with E-state index in [4.69, 9.17) is 11.6 Å². The van der Waals surface area contributed by atoms with Crippen LogP contribution in [0, 0.1) is 0 Å². The normalized spacial score (nSPS) is 23.7. The fourth-order valence-corrected chi connectivity index (χ4v) is 4.65. The van der Waals surface area contributed by atoms with Crippen LogP contribution in [-0.4, -0.2) is 59.4 Å². The first-order chi connectivity index (χ1) is 13.0. The molecule has 28 heavy (non-hydrogen) atoms. The minimum atomic E-state index is -0.789. The van der Waals surface area contributed by atoms with Crippen molar-refractivity contribution in [2.45, 2.75) is 37.3 Å². The van der Waals surface area contributed by atoms with Gasteiger partial charge in [0.15, 0.2) is 0 Å². The van der Waals surface area contributed by atoms with Crippen molar-refractivity contribution >= 4 is 41.9 Å². The molecule has 1 spiro atoms. The predicted molar refractivity (Wildman–Crippen MR) is 107 cm³/mol. The van der Waals surface area contributed by atoms with E-state index in [0.717, 1.165) is 23.3 Å². The van der Waals surface area contributed by atoms with E-state index < -0.39 is 11.6 Å². The summed E-state index contributed by atoms with van der Waals surface area (Å²) in [5, 5.41) is 6.71. The van der Waals surface area contributed by atoms with Crippen LogP contribution in [-0.2, 0) is 9.59 Å². The summed E-state index contributed by atoms with van der Waals surface area (Å²) in [6.07, 6.45) is 3.14. The number of urea groups is 1. The molecule has 1 saturated carbocycles. The van der Waals surface area contributed by atoms with E-state index in [9.17, 15) is 14.4 Å². The lowest BCUT2D eigenvalue weighted by molar-refractivity contribution is -0.140. The zero-order valence-electron chi connectivity index (χ0n) is 15.4. The number of hydrogen-bond donors (Lipinski definition) is 2. The number of imide groups is 1. The molecule has 1 unspecified atom stereocenters. The number of piperazine rings is 1. The first kappa shape index (κ1) is 20.9. The second-order valence-electron chi connectivity index (χ2n) is 7.44. The van der Waals surface area contributed by atoms with Gasteiger partial charge < -0.3 is 15.5 Å². The Balaban J connectivity index is 0.00000225. The van der Waals surface area contributed by atoms with E-state index in [-0.39, 0.29) is 36.8 Å². The van der Waals surface area contributed by atoms with Gasteiger partial charge in [0.05, 0.1) is 6.04 Å². The summed E-state index contributed by atoms with van der Waals surface area (Å²) < 4.78 is 0. The second kappa shape index (κ2) is 8.27. The van der Waals surface area contributed by atoms with E-state index in [2.05, 4.69) is 10.6 Å². The molecule has 3 aliphatic rings. The van der Waals surface area contributed by atoms with Crippen LogP contribution in [0.2, 0.25) is 5.02 Å². The van der Waals surface area contributed by atoms with Gasteiger partial charge in [-0.3, -0.25) is 14.5 Å². The highest BCUT2D eigenvalue weighted by atomic mass is 35.5. The Hall–Kier alpha value is -1.83. The van der Waals surface area contributed by atoms with E-state index in [1.807, 2.05) is 18.2 Å². The second-order valence-corrected chi connectivity index (χ2v) is 7.85. The average Bonchev–Trinajstić information content (AvgIpc) is 3.23. The maximum absolute atomic E-state index is 13.0. The minimum absolute atomic E-state index is 0. The van der Waals surface area contributed by atoms with Crippen LogP contribution in [0.5, 0.6) is 0 Å². The molecule has 3 fully saturated rings. The van der Waals surface area contributed by atoms with Crippen LogP contribution >= 0.6 is 24.0 Å². The Bertz CT molecular complexity index is 782. The molecule has 0 aromatic heterocycles. The number of halogens is 2. The summed E-state index contributed by atoms with van der Waals surface area (Å²) in [7, 11) is 0. The van der Waals surface area contributed by atoms with Crippen LogP contribution in [0.25, 0.3) is 0 Å². The molecule has 2 saturated heterocycles. The Labute approximate surface area is 175 Å². The molecule has 0 bridgehead atoms. The molecule has 1 aromatic carbocycles. The molecule has 2 heterocycles. The summed E-state index contributed by atoms with van der Waals surface area (Å²) in [6, 6.07) is 6.76. The summed E-state index contributed by atoms with van der Waals surface area (Å²) in [4.78, 5) is 41.0. The highest BCUT2D eigenvalue weighted by molar-refractivity contribution is 6.31.